The average Bonchev–Trinajstić information content (AvgIpc) is 2.64. The predicted molar refractivity (Wildman–Crippen MR) is 103 cm³/mol. The molecule has 6 nitrogen and oxygen atoms in total. The maximum Gasteiger partial charge on any atom is 0.241 e. The maximum absolute atomic E-state index is 12.6. The van der Waals surface area contributed by atoms with Crippen molar-refractivity contribution in [1.29, 1.82) is 0 Å². The Hall–Kier alpha value is -1.77. The number of nitrogens with one attached hydrogen (secondary N) is 2. The van der Waals surface area contributed by atoms with E-state index in [-0.39, 0.29) is 35.2 Å². The number of ether oxygens (including phenoxy) is 1. The molecule has 0 radical (unpaired) electrons. The lowest BCUT2D eigenvalue weighted by molar-refractivity contribution is 0.103. The molecule has 0 aliphatic heterocycles. The normalized spacial score (nSPS) is 11.0. The first-order chi connectivity index (χ1) is 12.1. The number of carbonyl (C=O) groups excluding carboxylic acids is 1. The molecule has 2 aromatic rings. The van der Waals surface area contributed by atoms with Gasteiger partial charge in [-0.15, -0.1) is 12.4 Å². The molecule has 0 bridgehead atoms. The van der Waals surface area contributed by atoms with Crippen LogP contribution in [0.15, 0.2) is 59.5 Å². The number of carbonyl (C=O) groups is 1. The van der Waals surface area contributed by atoms with E-state index >= 15 is 0 Å². The first kappa shape index (κ1) is 22.3. The molecule has 0 saturated heterocycles. The topological polar surface area (TPSA) is 84.5 Å². The Morgan fingerprint density at radius 2 is 1.62 bits per heavy atom. The molecule has 0 fully saturated rings. The quantitative estimate of drug-likeness (QED) is 0.471. The number of ketones is 1. The Bertz CT molecular complexity index is 798. The fourth-order valence-corrected chi connectivity index (χ4v) is 3.52. The summed E-state index contributed by atoms with van der Waals surface area (Å²) >= 11 is 0. The molecule has 0 aromatic heterocycles. The molecule has 0 unspecified atom stereocenters. The zero-order valence-electron chi connectivity index (χ0n) is 14.5. The molecule has 8 heteroatoms. The van der Waals surface area contributed by atoms with Crippen LogP contribution in [0.4, 0.5) is 0 Å². The number of rotatable bonds is 10. The van der Waals surface area contributed by atoms with Gasteiger partial charge in [-0.25, -0.2) is 13.1 Å². The Labute approximate surface area is 160 Å². The van der Waals surface area contributed by atoms with E-state index in [1.807, 2.05) is 0 Å². The van der Waals surface area contributed by atoms with Crippen LogP contribution in [0.3, 0.4) is 0 Å². The average molecular weight is 399 g/mol. The van der Waals surface area contributed by atoms with Crippen LogP contribution >= 0.6 is 12.4 Å². The lowest BCUT2D eigenvalue weighted by Gasteiger charge is -2.11. The smallest absolute Gasteiger partial charge is 0.241 e. The molecule has 0 heterocycles. The van der Waals surface area contributed by atoms with E-state index in [1.165, 1.54) is 12.1 Å². The van der Waals surface area contributed by atoms with Gasteiger partial charge in [0.2, 0.25) is 10.0 Å². The molecule has 26 heavy (non-hydrogen) atoms. The van der Waals surface area contributed by atoms with Crippen molar-refractivity contribution < 1.29 is 17.9 Å². The van der Waals surface area contributed by atoms with Crippen molar-refractivity contribution in [1.82, 2.24) is 10.0 Å². The third-order valence-electron chi connectivity index (χ3n) is 3.53. The number of benzene rings is 2. The largest absolute Gasteiger partial charge is 0.383 e. The molecule has 0 saturated carbocycles. The van der Waals surface area contributed by atoms with Gasteiger partial charge < -0.3 is 10.1 Å². The number of halogens is 1. The second-order valence-electron chi connectivity index (χ2n) is 5.33. The summed E-state index contributed by atoms with van der Waals surface area (Å²) in [6, 6.07) is 14.9. The second-order valence-corrected chi connectivity index (χ2v) is 7.07. The SMILES string of the molecule is COCCNCCNS(=O)(=O)c1ccccc1C(=O)c1ccccc1.Cl. The van der Waals surface area contributed by atoms with Crippen LogP contribution < -0.4 is 10.0 Å². The van der Waals surface area contributed by atoms with Gasteiger partial charge in [0.1, 0.15) is 0 Å². The minimum atomic E-state index is -3.78. The first-order valence-electron chi connectivity index (χ1n) is 7.94. The van der Waals surface area contributed by atoms with Crippen LogP contribution in [0, 0.1) is 0 Å². The van der Waals surface area contributed by atoms with E-state index in [0.717, 1.165) is 0 Å². The van der Waals surface area contributed by atoms with E-state index in [1.54, 1.807) is 49.6 Å². The van der Waals surface area contributed by atoms with Gasteiger partial charge >= 0.3 is 0 Å². The van der Waals surface area contributed by atoms with E-state index in [0.29, 0.717) is 25.3 Å². The zero-order valence-corrected chi connectivity index (χ0v) is 16.1. The van der Waals surface area contributed by atoms with E-state index in [4.69, 9.17) is 4.74 Å². The van der Waals surface area contributed by atoms with Crippen molar-refractivity contribution >= 4 is 28.2 Å². The van der Waals surface area contributed by atoms with Crippen LogP contribution in [0.1, 0.15) is 15.9 Å². The van der Waals surface area contributed by atoms with E-state index < -0.39 is 10.0 Å². The number of hydrogen-bond acceptors (Lipinski definition) is 5. The summed E-state index contributed by atoms with van der Waals surface area (Å²) in [5, 5.41) is 3.05. The van der Waals surface area contributed by atoms with Crippen LogP contribution in [-0.4, -0.2) is 47.6 Å². The molecule has 2 N–H and O–H groups in total. The minimum absolute atomic E-state index is 0. The monoisotopic (exact) mass is 398 g/mol. The molecule has 2 aromatic carbocycles. The summed E-state index contributed by atoms with van der Waals surface area (Å²) in [7, 11) is -2.18. The highest BCUT2D eigenvalue weighted by atomic mass is 35.5. The van der Waals surface area contributed by atoms with Gasteiger partial charge in [0.05, 0.1) is 11.5 Å². The highest BCUT2D eigenvalue weighted by Gasteiger charge is 2.22. The third-order valence-corrected chi connectivity index (χ3v) is 5.05. The summed E-state index contributed by atoms with van der Waals surface area (Å²) in [4.78, 5) is 12.6. The summed E-state index contributed by atoms with van der Waals surface area (Å²) in [5.74, 6) is -0.320. The van der Waals surface area contributed by atoms with Gasteiger partial charge in [0, 0.05) is 37.9 Å². The van der Waals surface area contributed by atoms with Crippen LogP contribution in [0.2, 0.25) is 0 Å². The van der Waals surface area contributed by atoms with Gasteiger partial charge in [0.25, 0.3) is 0 Å². The highest BCUT2D eigenvalue weighted by Crippen LogP contribution is 2.19. The van der Waals surface area contributed by atoms with Crippen LogP contribution in [0.25, 0.3) is 0 Å². The minimum Gasteiger partial charge on any atom is -0.383 e. The summed E-state index contributed by atoms with van der Waals surface area (Å²) < 4.78 is 32.5. The van der Waals surface area contributed by atoms with Crippen LogP contribution in [0.5, 0.6) is 0 Å². The first-order valence-corrected chi connectivity index (χ1v) is 9.42. The van der Waals surface area contributed by atoms with Crippen molar-refractivity contribution in [3.8, 4) is 0 Å². The van der Waals surface area contributed by atoms with E-state index in [2.05, 4.69) is 10.0 Å². The lowest BCUT2D eigenvalue weighted by Crippen LogP contribution is -2.33. The van der Waals surface area contributed by atoms with Crippen molar-refractivity contribution in [3.05, 3.63) is 65.7 Å². The second kappa shape index (κ2) is 11.1. The molecule has 0 aliphatic carbocycles. The van der Waals surface area contributed by atoms with Crippen molar-refractivity contribution in [2.24, 2.45) is 0 Å². The lowest BCUT2D eigenvalue weighted by atomic mass is 10.0. The Morgan fingerprint density at radius 3 is 2.31 bits per heavy atom. The third kappa shape index (κ3) is 6.19. The van der Waals surface area contributed by atoms with Gasteiger partial charge in [-0.05, 0) is 12.1 Å². The fraction of sp³-hybridized carbons (Fsp3) is 0.278. The highest BCUT2D eigenvalue weighted by molar-refractivity contribution is 7.89. The molecule has 0 atom stereocenters. The van der Waals surface area contributed by atoms with Crippen molar-refractivity contribution in [3.63, 3.8) is 0 Å². The summed E-state index contributed by atoms with van der Waals surface area (Å²) in [6.45, 7) is 1.89. The molecule has 0 aliphatic rings. The van der Waals surface area contributed by atoms with E-state index in [9.17, 15) is 13.2 Å². The van der Waals surface area contributed by atoms with Crippen molar-refractivity contribution in [2.75, 3.05) is 33.4 Å². The molecular weight excluding hydrogens is 376 g/mol. The Kier molecular flexibility index (Phi) is 9.47. The maximum atomic E-state index is 12.6. The van der Waals surface area contributed by atoms with Gasteiger partial charge in [-0.3, -0.25) is 4.79 Å². The van der Waals surface area contributed by atoms with Gasteiger partial charge in [-0.2, -0.15) is 0 Å². The van der Waals surface area contributed by atoms with Gasteiger partial charge in [-0.1, -0.05) is 42.5 Å². The number of methoxy groups -OCH3 is 1. The standard InChI is InChI=1S/C18H22N2O4S.ClH/c1-24-14-13-19-11-12-20-25(22,23)17-10-6-5-9-16(17)18(21)15-7-3-2-4-8-15;/h2-10,19-20H,11-14H2,1H3;1H. The number of hydrogen-bond donors (Lipinski definition) is 2. The zero-order chi connectivity index (χ0) is 18.1. The fourth-order valence-electron chi connectivity index (χ4n) is 2.28. The summed E-state index contributed by atoms with van der Waals surface area (Å²) in [5.41, 5.74) is 0.611. The summed E-state index contributed by atoms with van der Waals surface area (Å²) in [6.07, 6.45) is 0. The number of sulfonamides is 1. The molecule has 2 rings (SSSR count). The molecule has 0 spiro atoms. The Balaban J connectivity index is 0.00000338. The molecular formula is C18H23ClN2O4S. The van der Waals surface area contributed by atoms with Crippen molar-refractivity contribution in [2.45, 2.75) is 4.90 Å². The van der Waals surface area contributed by atoms with Gasteiger partial charge in [0.15, 0.2) is 5.78 Å². The van der Waals surface area contributed by atoms with Crippen LogP contribution in [-0.2, 0) is 14.8 Å². The predicted octanol–water partition coefficient (Wildman–Crippen LogP) is 1.85. The molecule has 0 amide bonds. The molecule has 142 valence electrons. The Morgan fingerprint density at radius 1 is 0.962 bits per heavy atom.